The van der Waals surface area contributed by atoms with Crippen molar-refractivity contribution in [3.05, 3.63) is 29.8 Å². The maximum atomic E-state index is 12.2. The van der Waals surface area contributed by atoms with Crippen LogP contribution in [0.1, 0.15) is 31.7 Å². The summed E-state index contributed by atoms with van der Waals surface area (Å²) in [5.41, 5.74) is 1.71. The van der Waals surface area contributed by atoms with Crippen molar-refractivity contribution < 1.29 is 14.7 Å². The zero-order chi connectivity index (χ0) is 15.2. The molecular weight excluding hydrogens is 268 g/mol. The van der Waals surface area contributed by atoms with Crippen molar-refractivity contribution in [2.45, 2.75) is 38.6 Å². The van der Waals surface area contributed by atoms with Gasteiger partial charge in [-0.05, 0) is 49.4 Å². The molecule has 2 atom stereocenters. The molecule has 2 unspecified atom stereocenters. The Kier molecular flexibility index (Phi) is 5.33. The fourth-order valence-electron chi connectivity index (χ4n) is 2.63. The van der Waals surface area contributed by atoms with Crippen LogP contribution in [0.3, 0.4) is 0 Å². The molecule has 0 aromatic heterocycles. The lowest BCUT2D eigenvalue weighted by Crippen LogP contribution is -2.48. The predicted octanol–water partition coefficient (Wildman–Crippen LogP) is 2.03. The summed E-state index contributed by atoms with van der Waals surface area (Å²) in [6.07, 6.45) is 2.81. The van der Waals surface area contributed by atoms with Crippen LogP contribution < -0.4 is 10.6 Å². The first kappa shape index (κ1) is 15.5. The molecule has 0 aliphatic carbocycles. The molecule has 21 heavy (non-hydrogen) atoms. The Balaban J connectivity index is 1.90. The number of carbonyl (C=O) groups excluding carboxylic acids is 1. The second-order valence-electron chi connectivity index (χ2n) is 5.63. The summed E-state index contributed by atoms with van der Waals surface area (Å²) >= 11 is 0. The maximum absolute atomic E-state index is 12.2. The van der Waals surface area contributed by atoms with Crippen LogP contribution in [-0.4, -0.2) is 29.6 Å². The number of carbonyl (C=O) groups is 2. The lowest BCUT2D eigenvalue weighted by Gasteiger charge is -2.28. The lowest BCUT2D eigenvalue weighted by molar-refractivity contribution is -0.137. The monoisotopic (exact) mass is 290 g/mol. The molecule has 114 valence electrons. The summed E-state index contributed by atoms with van der Waals surface area (Å²) in [5, 5.41) is 14.8. The molecule has 1 aromatic carbocycles. The van der Waals surface area contributed by atoms with Gasteiger partial charge >= 0.3 is 5.97 Å². The Bertz CT molecular complexity index is 499. The van der Waals surface area contributed by atoms with Crippen molar-refractivity contribution >= 4 is 17.6 Å². The molecule has 0 saturated carbocycles. The highest BCUT2D eigenvalue weighted by molar-refractivity contribution is 5.95. The van der Waals surface area contributed by atoms with Crippen LogP contribution in [0, 0.1) is 5.92 Å². The minimum Gasteiger partial charge on any atom is -0.481 e. The Labute approximate surface area is 124 Å². The zero-order valence-electron chi connectivity index (χ0n) is 12.3. The highest BCUT2D eigenvalue weighted by Gasteiger charge is 2.27. The van der Waals surface area contributed by atoms with Crippen LogP contribution in [0.25, 0.3) is 0 Å². The molecule has 1 heterocycles. The summed E-state index contributed by atoms with van der Waals surface area (Å²) < 4.78 is 0. The van der Waals surface area contributed by atoms with E-state index in [1.807, 2.05) is 24.3 Å². The Hall–Kier alpha value is -1.88. The van der Waals surface area contributed by atoms with Gasteiger partial charge in [-0.25, -0.2) is 0 Å². The first-order chi connectivity index (χ1) is 10.1. The van der Waals surface area contributed by atoms with Crippen molar-refractivity contribution in [1.29, 1.82) is 0 Å². The van der Waals surface area contributed by atoms with Crippen LogP contribution in [0.15, 0.2) is 24.3 Å². The molecule has 1 amide bonds. The highest BCUT2D eigenvalue weighted by Crippen LogP contribution is 2.18. The van der Waals surface area contributed by atoms with Gasteiger partial charge in [0.1, 0.15) is 0 Å². The Morgan fingerprint density at radius 1 is 1.33 bits per heavy atom. The normalized spacial score (nSPS) is 21.8. The van der Waals surface area contributed by atoms with Gasteiger partial charge in [0.25, 0.3) is 0 Å². The number of carboxylic acids is 1. The summed E-state index contributed by atoms with van der Waals surface area (Å²) in [5.74, 6) is -0.459. The molecule has 5 nitrogen and oxygen atoms in total. The third-order valence-corrected chi connectivity index (χ3v) is 3.90. The van der Waals surface area contributed by atoms with Crippen LogP contribution in [0.2, 0.25) is 0 Å². The molecule has 0 spiro atoms. The number of benzene rings is 1. The third kappa shape index (κ3) is 4.56. The summed E-state index contributed by atoms with van der Waals surface area (Å²) in [7, 11) is 0. The fourth-order valence-corrected chi connectivity index (χ4v) is 2.63. The fraction of sp³-hybridized carbons (Fsp3) is 0.500. The number of aliphatic carboxylic acids is 1. The van der Waals surface area contributed by atoms with Crippen LogP contribution in [0.5, 0.6) is 0 Å². The van der Waals surface area contributed by atoms with E-state index in [0.717, 1.165) is 30.6 Å². The first-order valence-electron chi connectivity index (χ1n) is 7.41. The molecule has 2 rings (SSSR count). The molecule has 5 heteroatoms. The topological polar surface area (TPSA) is 78.4 Å². The Morgan fingerprint density at radius 2 is 2.05 bits per heavy atom. The number of anilines is 1. The minimum absolute atomic E-state index is 0.000450. The van der Waals surface area contributed by atoms with Gasteiger partial charge in [-0.15, -0.1) is 0 Å². The van der Waals surface area contributed by atoms with Crippen molar-refractivity contribution in [2.24, 2.45) is 5.92 Å². The van der Waals surface area contributed by atoms with Gasteiger partial charge in [-0.2, -0.15) is 0 Å². The van der Waals surface area contributed by atoms with E-state index < -0.39 is 5.97 Å². The molecule has 1 aromatic rings. The number of piperidine rings is 1. The SMILES string of the molecule is CC1CCCNC1C(=O)Nc1ccc(CCC(=O)O)cc1. The second kappa shape index (κ2) is 7.22. The quantitative estimate of drug-likeness (QED) is 0.775. The van der Waals surface area contributed by atoms with Gasteiger partial charge in [-0.1, -0.05) is 19.1 Å². The van der Waals surface area contributed by atoms with E-state index in [1.54, 1.807) is 0 Å². The van der Waals surface area contributed by atoms with E-state index in [0.29, 0.717) is 12.3 Å². The van der Waals surface area contributed by atoms with Crippen molar-refractivity contribution in [2.75, 3.05) is 11.9 Å². The number of hydrogen-bond donors (Lipinski definition) is 3. The van der Waals surface area contributed by atoms with E-state index in [-0.39, 0.29) is 18.4 Å². The number of aryl methyl sites for hydroxylation is 1. The van der Waals surface area contributed by atoms with E-state index in [9.17, 15) is 9.59 Å². The molecule has 0 bridgehead atoms. The molecule has 1 aliphatic rings. The number of amides is 1. The van der Waals surface area contributed by atoms with Gasteiger partial charge in [0.15, 0.2) is 0 Å². The summed E-state index contributed by atoms with van der Waals surface area (Å²) in [6.45, 7) is 2.97. The summed E-state index contributed by atoms with van der Waals surface area (Å²) in [4.78, 5) is 22.8. The van der Waals surface area contributed by atoms with E-state index in [4.69, 9.17) is 5.11 Å². The predicted molar refractivity (Wildman–Crippen MR) is 81.2 cm³/mol. The van der Waals surface area contributed by atoms with Crippen molar-refractivity contribution in [3.63, 3.8) is 0 Å². The van der Waals surface area contributed by atoms with E-state index in [2.05, 4.69) is 17.6 Å². The van der Waals surface area contributed by atoms with Crippen LogP contribution in [-0.2, 0) is 16.0 Å². The van der Waals surface area contributed by atoms with E-state index in [1.165, 1.54) is 0 Å². The number of carboxylic acid groups (broad SMARTS) is 1. The van der Waals surface area contributed by atoms with Gasteiger partial charge < -0.3 is 15.7 Å². The third-order valence-electron chi connectivity index (χ3n) is 3.90. The van der Waals surface area contributed by atoms with Crippen LogP contribution in [0.4, 0.5) is 5.69 Å². The maximum Gasteiger partial charge on any atom is 0.303 e. The van der Waals surface area contributed by atoms with E-state index >= 15 is 0 Å². The molecule has 0 radical (unpaired) electrons. The van der Waals surface area contributed by atoms with Crippen LogP contribution >= 0.6 is 0 Å². The Morgan fingerprint density at radius 3 is 2.67 bits per heavy atom. The minimum atomic E-state index is -0.801. The largest absolute Gasteiger partial charge is 0.481 e. The van der Waals surface area contributed by atoms with Crippen molar-refractivity contribution in [3.8, 4) is 0 Å². The smallest absolute Gasteiger partial charge is 0.303 e. The lowest BCUT2D eigenvalue weighted by atomic mass is 9.92. The van der Waals surface area contributed by atoms with Gasteiger partial charge in [0.05, 0.1) is 6.04 Å². The van der Waals surface area contributed by atoms with Crippen molar-refractivity contribution in [1.82, 2.24) is 5.32 Å². The second-order valence-corrected chi connectivity index (χ2v) is 5.63. The molecular formula is C16H22N2O3. The number of hydrogen-bond acceptors (Lipinski definition) is 3. The standard InChI is InChI=1S/C16H22N2O3/c1-11-3-2-10-17-15(11)16(21)18-13-7-4-12(5-8-13)6-9-14(19)20/h4-5,7-8,11,15,17H,2-3,6,9-10H2,1H3,(H,18,21)(H,19,20). The van der Waals surface area contributed by atoms with Gasteiger partial charge in [0, 0.05) is 12.1 Å². The molecule has 1 saturated heterocycles. The van der Waals surface area contributed by atoms with Gasteiger partial charge in [0.2, 0.25) is 5.91 Å². The average molecular weight is 290 g/mol. The average Bonchev–Trinajstić information content (AvgIpc) is 2.47. The highest BCUT2D eigenvalue weighted by atomic mass is 16.4. The zero-order valence-corrected chi connectivity index (χ0v) is 12.3. The molecule has 1 fully saturated rings. The van der Waals surface area contributed by atoms with Gasteiger partial charge in [-0.3, -0.25) is 9.59 Å². The number of rotatable bonds is 5. The number of nitrogens with one attached hydrogen (secondary N) is 2. The molecule has 1 aliphatic heterocycles. The molecule has 3 N–H and O–H groups in total. The first-order valence-corrected chi connectivity index (χ1v) is 7.41. The summed E-state index contributed by atoms with van der Waals surface area (Å²) in [6, 6.07) is 7.22.